The molecule has 1 saturated heterocycles. The zero-order valence-corrected chi connectivity index (χ0v) is 30.3. The second-order valence-electron chi connectivity index (χ2n) is 14.1. The Kier molecular flexibility index (Phi) is 10.1. The van der Waals surface area contributed by atoms with Crippen molar-refractivity contribution < 1.29 is 22.7 Å². The monoisotopic (exact) mass is 699 g/mol. The van der Waals surface area contributed by atoms with Gasteiger partial charge in [-0.05, 0) is 68.4 Å². The number of hydrogen-bond donors (Lipinski definition) is 1. The van der Waals surface area contributed by atoms with E-state index in [1.54, 1.807) is 35.5 Å². The maximum Gasteiger partial charge on any atom is 0.264 e. The van der Waals surface area contributed by atoms with Crippen molar-refractivity contribution in [3.05, 3.63) is 83.4 Å². The number of sulfonamides is 1. The van der Waals surface area contributed by atoms with E-state index in [0.717, 1.165) is 41.9 Å². The van der Waals surface area contributed by atoms with E-state index in [4.69, 9.17) is 9.47 Å². The second kappa shape index (κ2) is 14.3. The fourth-order valence-electron chi connectivity index (χ4n) is 6.63. The molecule has 264 valence electrons. The molecular weight excluding hydrogens is 655 g/mol. The number of fused-ring (bicyclic) bond motifs is 4. The molecule has 2 atom stereocenters. The van der Waals surface area contributed by atoms with Gasteiger partial charge >= 0.3 is 0 Å². The minimum atomic E-state index is -4.18. The van der Waals surface area contributed by atoms with E-state index in [-0.39, 0.29) is 52.9 Å². The molecule has 13 heteroatoms. The molecule has 12 nitrogen and oxygen atoms in total. The van der Waals surface area contributed by atoms with Gasteiger partial charge in [0, 0.05) is 36.9 Å². The number of ether oxygens (including phenoxy) is 2. The van der Waals surface area contributed by atoms with Crippen LogP contribution in [-0.4, -0.2) is 77.6 Å². The lowest BCUT2D eigenvalue weighted by atomic mass is 9.87. The van der Waals surface area contributed by atoms with Crippen LogP contribution in [0.3, 0.4) is 0 Å². The summed E-state index contributed by atoms with van der Waals surface area (Å²) in [6, 6.07) is 13.2. The Morgan fingerprint density at radius 3 is 2.44 bits per heavy atom. The molecule has 0 aliphatic carbocycles. The molecule has 0 spiro atoms. The third kappa shape index (κ3) is 8.05. The van der Waals surface area contributed by atoms with Crippen LogP contribution in [0.15, 0.2) is 65.8 Å². The minimum Gasteiger partial charge on any atom is -0.475 e. The molecule has 2 aliphatic rings. The Morgan fingerprint density at radius 1 is 1.02 bits per heavy atom. The first-order valence-electron chi connectivity index (χ1n) is 17.0. The summed E-state index contributed by atoms with van der Waals surface area (Å²) in [7, 11) is -4.18. The molecule has 4 aromatic rings. The van der Waals surface area contributed by atoms with Crippen molar-refractivity contribution in [3.63, 3.8) is 0 Å². The Hall–Kier alpha value is -4.62. The summed E-state index contributed by atoms with van der Waals surface area (Å²) in [5.41, 5.74) is 4.23. The van der Waals surface area contributed by atoms with Crippen LogP contribution in [0.1, 0.15) is 67.8 Å². The summed E-state index contributed by atoms with van der Waals surface area (Å²) in [5, 5.41) is 0. The van der Waals surface area contributed by atoms with E-state index >= 15 is 0 Å². The standard InChI is InChI=1S/C37H45N7O5S/c1-7-48-29-14-15-43(21-29)28-19-38-32(39-20-28)22-44-27(18-37(4,5)6)23-49-33-17-31(34-24(2)10-8-11-25(34)3)40-36(41-33)42-50(46,47)30-13-9-12-26(16-30)35(44)45/h8-13,16-17,19-20,27,29H,7,14-15,18,21-23H2,1-6H3,(H,40,41,42)/t27-,29+/m1/s1. The lowest BCUT2D eigenvalue weighted by Crippen LogP contribution is -2.45. The van der Waals surface area contributed by atoms with E-state index in [0.29, 0.717) is 24.5 Å². The number of anilines is 2. The van der Waals surface area contributed by atoms with Crippen molar-refractivity contribution in [2.24, 2.45) is 5.41 Å². The molecule has 4 heterocycles. The molecule has 4 bridgehead atoms. The molecule has 1 N–H and O–H groups in total. The summed E-state index contributed by atoms with van der Waals surface area (Å²) in [6.45, 7) is 14.7. The van der Waals surface area contributed by atoms with Gasteiger partial charge in [0.2, 0.25) is 11.8 Å². The van der Waals surface area contributed by atoms with E-state index in [1.165, 1.54) is 12.1 Å². The summed E-state index contributed by atoms with van der Waals surface area (Å²) < 4.78 is 42.1. The quantitative estimate of drug-likeness (QED) is 0.252. The van der Waals surface area contributed by atoms with Crippen LogP contribution in [-0.2, 0) is 21.3 Å². The van der Waals surface area contributed by atoms with Crippen molar-refractivity contribution in [1.29, 1.82) is 0 Å². The lowest BCUT2D eigenvalue weighted by Gasteiger charge is -2.35. The number of aryl methyl sites for hydroxylation is 2. The average molecular weight is 700 g/mol. The van der Waals surface area contributed by atoms with Crippen LogP contribution in [0.4, 0.5) is 11.6 Å². The first-order chi connectivity index (χ1) is 23.8. The van der Waals surface area contributed by atoms with Gasteiger partial charge in [-0.2, -0.15) is 4.98 Å². The summed E-state index contributed by atoms with van der Waals surface area (Å²) >= 11 is 0. The van der Waals surface area contributed by atoms with Gasteiger partial charge in [-0.3, -0.25) is 4.79 Å². The largest absolute Gasteiger partial charge is 0.475 e. The van der Waals surface area contributed by atoms with Crippen molar-refractivity contribution in [3.8, 4) is 17.1 Å². The van der Waals surface area contributed by atoms with Crippen LogP contribution in [0.25, 0.3) is 11.3 Å². The molecule has 2 aliphatic heterocycles. The Labute approximate surface area is 294 Å². The number of benzene rings is 2. The van der Waals surface area contributed by atoms with E-state index in [9.17, 15) is 13.2 Å². The maximum absolute atomic E-state index is 14.4. The second-order valence-corrected chi connectivity index (χ2v) is 15.8. The molecule has 1 fully saturated rings. The van der Waals surface area contributed by atoms with E-state index < -0.39 is 16.1 Å². The van der Waals surface area contributed by atoms with Gasteiger partial charge in [0.05, 0.1) is 47.4 Å². The highest BCUT2D eigenvalue weighted by molar-refractivity contribution is 7.92. The van der Waals surface area contributed by atoms with Gasteiger partial charge in [0.1, 0.15) is 12.4 Å². The highest BCUT2D eigenvalue weighted by Crippen LogP contribution is 2.32. The normalized spacial score (nSPS) is 19.2. The summed E-state index contributed by atoms with van der Waals surface area (Å²) in [6.07, 6.45) is 5.26. The Balaban J connectivity index is 1.40. The number of nitrogens with zero attached hydrogens (tertiary/aromatic N) is 6. The number of aromatic nitrogens is 4. The highest BCUT2D eigenvalue weighted by atomic mass is 32.2. The van der Waals surface area contributed by atoms with Crippen LogP contribution < -0.4 is 14.4 Å². The first-order valence-corrected chi connectivity index (χ1v) is 18.5. The average Bonchev–Trinajstić information content (AvgIpc) is 3.53. The van der Waals surface area contributed by atoms with Crippen LogP contribution in [0, 0.1) is 19.3 Å². The zero-order chi connectivity index (χ0) is 35.6. The zero-order valence-electron chi connectivity index (χ0n) is 29.5. The molecule has 1 amide bonds. The molecule has 50 heavy (non-hydrogen) atoms. The molecule has 0 radical (unpaired) electrons. The van der Waals surface area contributed by atoms with Crippen LogP contribution in [0.5, 0.6) is 5.88 Å². The predicted octanol–water partition coefficient (Wildman–Crippen LogP) is 5.81. The number of carbonyl (C=O) groups excluding carboxylic acids is 1. The maximum atomic E-state index is 14.4. The van der Waals surface area contributed by atoms with Gasteiger partial charge in [-0.1, -0.05) is 45.0 Å². The van der Waals surface area contributed by atoms with Crippen molar-refractivity contribution in [1.82, 2.24) is 24.8 Å². The Morgan fingerprint density at radius 2 is 1.74 bits per heavy atom. The number of amides is 1. The number of hydrogen-bond acceptors (Lipinski definition) is 10. The van der Waals surface area contributed by atoms with E-state index in [1.807, 2.05) is 39.0 Å². The summed E-state index contributed by atoms with van der Waals surface area (Å²) in [4.78, 5) is 36.7. The first kappa shape index (κ1) is 35.2. The molecule has 0 saturated carbocycles. The smallest absolute Gasteiger partial charge is 0.264 e. The molecule has 2 aromatic carbocycles. The molecule has 6 rings (SSSR count). The van der Waals surface area contributed by atoms with Crippen LogP contribution >= 0.6 is 0 Å². The number of rotatable bonds is 7. The van der Waals surface area contributed by atoms with Gasteiger partial charge in [-0.25, -0.2) is 28.1 Å². The fourth-order valence-corrected chi connectivity index (χ4v) is 7.62. The fraction of sp³-hybridized carbons (Fsp3) is 0.432. The van der Waals surface area contributed by atoms with Crippen LogP contribution in [0.2, 0.25) is 0 Å². The summed E-state index contributed by atoms with van der Waals surface area (Å²) in [5.74, 6) is 0.154. The molecule has 0 unspecified atom stereocenters. The number of nitrogens with one attached hydrogen (secondary N) is 1. The van der Waals surface area contributed by atoms with Crippen molar-refractivity contribution in [2.45, 2.75) is 78.0 Å². The van der Waals surface area contributed by atoms with E-state index in [2.05, 4.69) is 50.3 Å². The van der Waals surface area contributed by atoms with Crippen molar-refractivity contribution >= 4 is 27.6 Å². The highest BCUT2D eigenvalue weighted by Gasteiger charge is 2.32. The topological polar surface area (TPSA) is 140 Å². The van der Waals surface area contributed by atoms with Crippen molar-refractivity contribution in [2.75, 3.05) is 35.9 Å². The van der Waals surface area contributed by atoms with Gasteiger partial charge in [0.15, 0.2) is 0 Å². The third-order valence-corrected chi connectivity index (χ3v) is 10.3. The molecule has 2 aromatic heterocycles. The Bertz CT molecular complexity index is 1940. The number of carbonyl (C=O) groups is 1. The third-order valence-electron chi connectivity index (χ3n) is 8.95. The SMILES string of the molecule is CCO[C@H]1CCN(c2cnc(CN3C(=O)c4cccc(c4)S(=O)(=O)Nc4nc(cc(-c5c(C)cccc5C)n4)OC[C@H]3CC(C)(C)C)nc2)C1. The molecular formula is C37H45N7O5S. The van der Waals surface area contributed by atoms with Gasteiger partial charge in [0.25, 0.3) is 15.9 Å². The minimum absolute atomic E-state index is 0.0860. The van der Waals surface area contributed by atoms with Gasteiger partial charge in [-0.15, -0.1) is 0 Å². The van der Waals surface area contributed by atoms with Gasteiger partial charge < -0.3 is 19.3 Å². The lowest BCUT2D eigenvalue weighted by molar-refractivity contribution is 0.0505. The predicted molar refractivity (Wildman–Crippen MR) is 192 cm³/mol.